The van der Waals surface area contributed by atoms with Gasteiger partial charge in [-0.2, -0.15) is 0 Å². The molecule has 0 aliphatic heterocycles. The first kappa shape index (κ1) is 70.5. The molecule has 5 heteroatoms. The SMILES string of the molecule is CC/C=C\C/C=C\C/C=C\C/C=C\C/C=C\C/C=C\C/C=C\C/C=C\C/C=C\CCCC(=O)OC(CO)COC(=O)CCCCCCCCCC/C=C\C/C=C\C/C=C\C/C=C\C/C=C\C/C=C\C/C=C\C/C=C\CC. The Morgan fingerprint density at radius 1 is 0.303 bits per heavy atom. The summed E-state index contributed by atoms with van der Waals surface area (Å²) in [5.41, 5.74) is 0. The van der Waals surface area contributed by atoms with Gasteiger partial charge >= 0.3 is 11.9 Å². The summed E-state index contributed by atoms with van der Waals surface area (Å²) in [5, 5.41) is 9.66. The summed E-state index contributed by atoms with van der Waals surface area (Å²) in [6.07, 6.45) is 104. The second kappa shape index (κ2) is 63.8. The van der Waals surface area contributed by atoms with Gasteiger partial charge in [0.2, 0.25) is 0 Å². The lowest BCUT2D eigenvalue weighted by atomic mass is 10.1. The van der Waals surface area contributed by atoms with Crippen LogP contribution in [0.3, 0.4) is 0 Å². The molecule has 0 spiro atoms. The van der Waals surface area contributed by atoms with Crippen molar-refractivity contribution in [1.29, 1.82) is 0 Å². The van der Waals surface area contributed by atoms with Crippen LogP contribution in [0.15, 0.2) is 207 Å². The van der Waals surface area contributed by atoms with Crippen LogP contribution in [-0.4, -0.2) is 36.4 Å². The minimum absolute atomic E-state index is 0.109. The molecule has 0 bridgehead atoms. The van der Waals surface area contributed by atoms with Gasteiger partial charge in [0, 0.05) is 12.8 Å². The van der Waals surface area contributed by atoms with E-state index in [1.165, 1.54) is 32.1 Å². The molecule has 0 aromatic heterocycles. The molecule has 1 unspecified atom stereocenters. The lowest BCUT2D eigenvalue weighted by molar-refractivity contribution is -0.161. The van der Waals surface area contributed by atoms with Crippen molar-refractivity contribution in [3.63, 3.8) is 0 Å². The molecule has 0 radical (unpaired) electrons. The Kier molecular flexibility index (Phi) is 59.1. The van der Waals surface area contributed by atoms with Gasteiger partial charge in [0.15, 0.2) is 6.10 Å². The van der Waals surface area contributed by atoms with Crippen molar-refractivity contribution >= 4 is 11.9 Å². The Morgan fingerprint density at radius 2 is 0.539 bits per heavy atom. The molecule has 0 aliphatic carbocycles. The third-order valence-corrected chi connectivity index (χ3v) is 11.6. The molecular formula is C71H106O5. The Morgan fingerprint density at radius 3 is 0.829 bits per heavy atom. The first-order valence-corrected chi connectivity index (χ1v) is 29.6. The fraction of sp³-hybridized carbons (Fsp3) is 0.493. The van der Waals surface area contributed by atoms with Gasteiger partial charge in [-0.1, -0.05) is 259 Å². The van der Waals surface area contributed by atoms with Gasteiger partial charge in [-0.15, -0.1) is 0 Å². The zero-order valence-corrected chi connectivity index (χ0v) is 47.9. The average molecular weight is 1040 g/mol. The van der Waals surface area contributed by atoms with Crippen molar-refractivity contribution in [2.75, 3.05) is 13.2 Å². The number of carbonyl (C=O) groups is 2. The molecular weight excluding hydrogens is 933 g/mol. The Balaban J connectivity index is 3.71. The lowest BCUT2D eigenvalue weighted by Crippen LogP contribution is -2.28. The van der Waals surface area contributed by atoms with Gasteiger partial charge in [-0.3, -0.25) is 9.59 Å². The predicted octanol–water partition coefficient (Wildman–Crippen LogP) is 20.6. The van der Waals surface area contributed by atoms with Gasteiger partial charge in [0.25, 0.3) is 0 Å². The van der Waals surface area contributed by atoms with Gasteiger partial charge in [-0.05, 0) is 141 Å². The zero-order chi connectivity index (χ0) is 54.8. The number of carbonyl (C=O) groups excluding carboxylic acids is 2. The maximum atomic E-state index is 12.3. The third-order valence-electron chi connectivity index (χ3n) is 11.6. The van der Waals surface area contributed by atoms with Gasteiger partial charge < -0.3 is 14.6 Å². The van der Waals surface area contributed by atoms with E-state index in [2.05, 4.69) is 220 Å². The molecule has 0 aromatic rings. The van der Waals surface area contributed by atoms with E-state index in [4.69, 9.17) is 9.47 Å². The predicted molar refractivity (Wildman–Crippen MR) is 333 cm³/mol. The molecule has 0 saturated carbocycles. The largest absolute Gasteiger partial charge is 0.462 e. The normalized spacial score (nSPS) is 13.8. The highest BCUT2D eigenvalue weighted by molar-refractivity contribution is 5.70. The van der Waals surface area contributed by atoms with Crippen LogP contribution in [0.5, 0.6) is 0 Å². The van der Waals surface area contributed by atoms with E-state index >= 15 is 0 Å². The maximum absolute atomic E-state index is 12.3. The van der Waals surface area contributed by atoms with Crippen molar-refractivity contribution in [2.45, 2.75) is 213 Å². The molecule has 0 rings (SSSR count). The number of hydrogen-bond acceptors (Lipinski definition) is 5. The number of rotatable bonds is 51. The molecule has 0 amide bonds. The van der Waals surface area contributed by atoms with Crippen LogP contribution in [-0.2, 0) is 19.1 Å². The molecule has 1 atom stereocenters. The second-order valence-electron chi connectivity index (χ2n) is 18.6. The summed E-state index contributed by atoms with van der Waals surface area (Å²) in [5.74, 6) is -0.689. The number of unbranched alkanes of at least 4 members (excludes halogenated alkanes) is 9. The summed E-state index contributed by atoms with van der Waals surface area (Å²) in [7, 11) is 0. The summed E-state index contributed by atoms with van der Waals surface area (Å²) in [6, 6.07) is 0. The number of allylic oxidation sites excluding steroid dienone is 34. The van der Waals surface area contributed by atoms with Crippen LogP contribution in [0.4, 0.5) is 0 Å². The quantitative estimate of drug-likeness (QED) is 0.0373. The van der Waals surface area contributed by atoms with Gasteiger partial charge in [-0.25, -0.2) is 0 Å². The smallest absolute Gasteiger partial charge is 0.306 e. The summed E-state index contributed by atoms with van der Waals surface area (Å²) in [6.45, 7) is 3.84. The van der Waals surface area contributed by atoms with E-state index in [0.29, 0.717) is 12.8 Å². The summed E-state index contributed by atoms with van der Waals surface area (Å²) >= 11 is 0. The number of hydrogen-bond donors (Lipinski definition) is 1. The molecule has 0 fully saturated rings. The van der Waals surface area contributed by atoms with E-state index < -0.39 is 6.10 Å². The van der Waals surface area contributed by atoms with E-state index in [1.54, 1.807) is 0 Å². The molecule has 1 N–H and O–H groups in total. The van der Waals surface area contributed by atoms with Gasteiger partial charge in [0.1, 0.15) is 6.61 Å². The molecule has 0 saturated heterocycles. The maximum Gasteiger partial charge on any atom is 0.306 e. The first-order chi connectivity index (χ1) is 37.6. The van der Waals surface area contributed by atoms with Crippen LogP contribution in [0.2, 0.25) is 0 Å². The van der Waals surface area contributed by atoms with Crippen LogP contribution in [0, 0.1) is 0 Å². The van der Waals surface area contributed by atoms with Crippen LogP contribution >= 0.6 is 0 Å². The molecule has 5 nitrogen and oxygen atoms in total. The van der Waals surface area contributed by atoms with Crippen LogP contribution in [0.25, 0.3) is 0 Å². The van der Waals surface area contributed by atoms with Crippen LogP contribution < -0.4 is 0 Å². The Hall–Kier alpha value is -5.52. The van der Waals surface area contributed by atoms with Crippen molar-refractivity contribution in [3.8, 4) is 0 Å². The minimum atomic E-state index is -0.825. The zero-order valence-electron chi connectivity index (χ0n) is 47.9. The standard InChI is InChI=1S/C71H106O5/c1-3-5-7-9-11-13-15-17-19-21-23-25-27-29-31-33-34-35-36-38-39-41-43-45-47-49-51-53-55-57-59-61-63-65-70(73)75-68-69(67-72)76-71(74)66-64-62-60-58-56-54-52-50-48-46-44-42-40-37-32-30-28-26-24-22-20-18-16-14-12-10-8-6-4-2/h5-8,11-14,17-20,23-26,29-32,34-35,38-40,42-43,45-46,48,52,54,58,60,69,72H,3-4,9-10,15-16,21-22,27-28,33,36-37,41,44,47,49-51,53,55-57,59,61-68H2,1-2H3/b7-5-,8-6-,13-11-,14-12-,19-17-,20-18-,25-23-,26-24-,31-29-,32-30-,35-34-,39-38-,42-40-,45-43-,48-46-,54-52-,60-58-. The lowest BCUT2D eigenvalue weighted by Gasteiger charge is -2.15. The van der Waals surface area contributed by atoms with E-state index in [0.717, 1.165) is 141 Å². The topological polar surface area (TPSA) is 72.8 Å². The number of ether oxygens (including phenoxy) is 2. The fourth-order valence-corrected chi connectivity index (χ4v) is 7.22. The van der Waals surface area contributed by atoms with Crippen molar-refractivity contribution < 1.29 is 24.2 Å². The Labute approximate surface area is 466 Å². The minimum Gasteiger partial charge on any atom is -0.462 e. The van der Waals surface area contributed by atoms with Crippen molar-refractivity contribution in [1.82, 2.24) is 0 Å². The highest BCUT2D eigenvalue weighted by atomic mass is 16.6. The number of esters is 2. The molecule has 76 heavy (non-hydrogen) atoms. The third kappa shape index (κ3) is 61.0. The highest BCUT2D eigenvalue weighted by Gasteiger charge is 2.16. The molecule has 420 valence electrons. The average Bonchev–Trinajstić information content (AvgIpc) is 3.42. The number of aliphatic hydroxyl groups excluding tert-OH is 1. The number of aliphatic hydroxyl groups is 1. The van der Waals surface area contributed by atoms with Gasteiger partial charge in [0.05, 0.1) is 6.61 Å². The van der Waals surface area contributed by atoms with E-state index in [1.807, 2.05) is 0 Å². The highest BCUT2D eigenvalue weighted by Crippen LogP contribution is 2.12. The summed E-state index contributed by atoms with van der Waals surface area (Å²) in [4.78, 5) is 24.5. The molecule has 0 aromatic carbocycles. The fourth-order valence-electron chi connectivity index (χ4n) is 7.22. The second-order valence-corrected chi connectivity index (χ2v) is 18.6. The monoisotopic (exact) mass is 1040 g/mol. The summed E-state index contributed by atoms with van der Waals surface area (Å²) < 4.78 is 10.7. The Bertz CT molecular complexity index is 1840. The molecule has 0 heterocycles. The van der Waals surface area contributed by atoms with E-state index in [-0.39, 0.29) is 31.6 Å². The van der Waals surface area contributed by atoms with Crippen LogP contribution in [0.1, 0.15) is 206 Å². The first-order valence-electron chi connectivity index (χ1n) is 29.6. The van der Waals surface area contributed by atoms with E-state index in [9.17, 15) is 14.7 Å². The van der Waals surface area contributed by atoms with Crippen molar-refractivity contribution in [3.05, 3.63) is 207 Å². The molecule has 0 aliphatic rings. The van der Waals surface area contributed by atoms with Crippen molar-refractivity contribution in [2.24, 2.45) is 0 Å².